The molecule has 0 fully saturated rings. The Kier molecular flexibility index (Phi) is 5.14. The summed E-state index contributed by atoms with van der Waals surface area (Å²) >= 11 is 2.95. The quantitative estimate of drug-likeness (QED) is 0.863. The first-order chi connectivity index (χ1) is 9.54. The first-order valence-electron chi connectivity index (χ1n) is 6.34. The van der Waals surface area contributed by atoms with E-state index < -0.39 is 0 Å². The first kappa shape index (κ1) is 15.0. The second-order valence-electron chi connectivity index (χ2n) is 4.55. The van der Waals surface area contributed by atoms with Gasteiger partial charge in [-0.2, -0.15) is 0 Å². The Morgan fingerprint density at radius 3 is 2.60 bits per heavy atom. The number of rotatable bonds is 5. The molecule has 0 radical (unpaired) electrons. The maximum atomic E-state index is 12.0. The molecule has 0 aliphatic heterocycles. The molecule has 0 saturated heterocycles. The van der Waals surface area contributed by atoms with Crippen LogP contribution in [0.4, 0.5) is 0 Å². The first-order valence-corrected chi connectivity index (χ1v) is 8.04. The summed E-state index contributed by atoms with van der Waals surface area (Å²) in [6.45, 7) is 6.39. The van der Waals surface area contributed by atoms with Crippen LogP contribution in [0, 0.1) is 13.8 Å². The molecule has 0 saturated carbocycles. The van der Waals surface area contributed by atoms with Gasteiger partial charge in [0.05, 0.1) is 5.25 Å². The van der Waals surface area contributed by atoms with E-state index in [0.717, 1.165) is 14.9 Å². The highest BCUT2D eigenvalue weighted by Gasteiger charge is 2.16. The molecule has 1 aromatic carbocycles. The van der Waals surface area contributed by atoms with Crippen molar-refractivity contribution in [3.63, 3.8) is 0 Å². The molecule has 1 amide bonds. The van der Waals surface area contributed by atoms with E-state index in [1.165, 1.54) is 28.7 Å². The van der Waals surface area contributed by atoms with Crippen molar-refractivity contribution in [2.24, 2.45) is 0 Å². The van der Waals surface area contributed by atoms with Crippen molar-refractivity contribution in [3.8, 4) is 0 Å². The Morgan fingerprint density at radius 1 is 1.30 bits per heavy atom. The van der Waals surface area contributed by atoms with Gasteiger partial charge in [0.15, 0.2) is 4.34 Å². The number of benzene rings is 1. The van der Waals surface area contributed by atoms with Crippen molar-refractivity contribution in [1.82, 2.24) is 15.5 Å². The van der Waals surface area contributed by atoms with Crippen LogP contribution in [0.5, 0.6) is 0 Å². The maximum absolute atomic E-state index is 12.0. The molecular weight excluding hydrogens is 290 g/mol. The summed E-state index contributed by atoms with van der Waals surface area (Å²) in [5.74, 6) is 0.0171. The van der Waals surface area contributed by atoms with E-state index in [-0.39, 0.29) is 11.2 Å². The lowest BCUT2D eigenvalue weighted by Gasteiger charge is -2.10. The van der Waals surface area contributed by atoms with Crippen LogP contribution in [-0.2, 0) is 11.3 Å². The summed E-state index contributed by atoms with van der Waals surface area (Å²) < 4.78 is 0.834. The number of carbonyl (C=O) groups is 1. The van der Waals surface area contributed by atoms with Crippen molar-refractivity contribution in [3.05, 3.63) is 40.4 Å². The van der Waals surface area contributed by atoms with E-state index in [9.17, 15) is 4.79 Å². The van der Waals surface area contributed by atoms with E-state index in [1.807, 2.05) is 45.0 Å². The molecule has 20 heavy (non-hydrogen) atoms. The Balaban J connectivity index is 1.83. The van der Waals surface area contributed by atoms with Crippen molar-refractivity contribution < 1.29 is 4.79 Å². The van der Waals surface area contributed by atoms with Crippen molar-refractivity contribution >= 4 is 29.0 Å². The van der Waals surface area contributed by atoms with Crippen LogP contribution in [0.1, 0.15) is 23.1 Å². The molecule has 1 aromatic heterocycles. The number of aromatic nitrogens is 2. The van der Waals surface area contributed by atoms with Gasteiger partial charge in [-0.15, -0.1) is 10.2 Å². The molecule has 1 heterocycles. The van der Waals surface area contributed by atoms with E-state index in [1.54, 1.807) is 0 Å². The van der Waals surface area contributed by atoms with Gasteiger partial charge in [0.25, 0.3) is 0 Å². The van der Waals surface area contributed by atoms with Gasteiger partial charge in [0.1, 0.15) is 5.01 Å². The van der Waals surface area contributed by atoms with Crippen LogP contribution >= 0.6 is 23.1 Å². The average Bonchev–Trinajstić information content (AvgIpc) is 2.83. The number of nitrogens with zero attached hydrogens (tertiary/aromatic N) is 2. The monoisotopic (exact) mass is 307 g/mol. The predicted molar refractivity (Wildman–Crippen MR) is 83.0 cm³/mol. The number of hydrogen-bond acceptors (Lipinski definition) is 5. The standard InChI is InChI=1S/C14H17N3OS2/c1-9-4-6-12(7-5-9)8-15-13(18)10(2)19-14-17-16-11(3)20-14/h4-7,10H,8H2,1-3H3,(H,15,18). The number of amides is 1. The van der Waals surface area contributed by atoms with Gasteiger partial charge in [-0.25, -0.2) is 0 Å². The zero-order valence-corrected chi connectivity index (χ0v) is 13.3. The third kappa shape index (κ3) is 4.31. The molecule has 0 aliphatic carbocycles. The minimum Gasteiger partial charge on any atom is -0.351 e. The smallest absolute Gasteiger partial charge is 0.233 e. The van der Waals surface area contributed by atoms with Crippen LogP contribution in [-0.4, -0.2) is 21.4 Å². The molecule has 106 valence electrons. The number of hydrogen-bond donors (Lipinski definition) is 1. The van der Waals surface area contributed by atoms with Gasteiger partial charge in [-0.05, 0) is 26.3 Å². The molecule has 1 N–H and O–H groups in total. The van der Waals surface area contributed by atoms with Crippen molar-refractivity contribution in [1.29, 1.82) is 0 Å². The van der Waals surface area contributed by atoms with Crippen LogP contribution in [0.3, 0.4) is 0 Å². The molecule has 6 heteroatoms. The summed E-state index contributed by atoms with van der Waals surface area (Å²) in [7, 11) is 0. The number of nitrogens with one attached hydrogen (secondary N) is 1. The Hall–Kier alpha value is -1.40. The highest BCUT2D eigenvalue weighted by molar-refractivity contribution is 8.02. The predicted octanol–water partition coefficient (Wildman–Crippen LogP) is 2.95. The maximum Gasteiger partial charge on any atom is 0.233 e. The number of thioether (sulfide) groups is 1. The lowest BCUT2D eigenvalue weighted by Crippen LogP contribution is -2.30. The van der Waals surface area contributed by atoms with E-state index in [4.69, 9.17) is 0 Å². The Morgan fingerprint density at radius 2 is 2.00 bits per heavy atom. The molecule has 0 aliphatic rings. The van der Waals surface area contributed by atoms with Crippen LogP contribution < -0.4 is 5.32 Å². The molecule has 0 spiro atoms. The number of aryl methyl sites for hydroxylation is 2. The minimum absolute atomic E-state index is 0.0171. The zero-order valence-electron chi connectivity index (χ0n) is 11.7. The topological polar surface area (TPSA) is 54.9 Å². The van der Waals surface area contributed by atoms with E-state index >= 15 is 0 Å². The lowest BCUT2D eigenvalue weighted by atomic mass is 10.1. The van der Waals surface area contributed by atoms with Gasteiger partial charge in [-0.1, -0.05) is 52.9 Å². The second kappa shape index (κ2) is 6.85. The normalized spacial score (nSPS) is 12.2. The molecule has 4 nitrogen and oxygen atoms in total. The number of carbonyl (C=O) groups excluding carboxylic acids is 1. The van der Waals surface area contributed by atoms with Crippen molar-refractivity contribution in [2.45, 2.75) is 36.9 Å². The third-order valence-corrected chi connectivity index (χ3v) is 4.76. The highest BCUT2D eigenvalue weighted by atomic mass is 32.2. The summed E-state index contributed by atoms with van der Waals surface area (Å²) in [6, 6.07) is 8.15. The summed E-state index contributed by atoms with van der Waals surface area (Å²) in [6.07, 6.45) is 0. The van der Waals surface area contributed by atoms with Crippen molar-refractivity contribution in [2.75, 3.05) is 0 Å². The Bertz CT molecular complexity index is 580. The SMILES string of the molecule is Cc1ccc(CNC(=O)C(C)Sc2nnc(C)s2)cc1. The van der Waals surface area contributed by atoms with Gasteiger partial charge in [0.2, 0.25) is 5.91 Å². The summed E-state index contributed by atoms with van der Waals surface area (Å²) in [5.41, 5.74) is 2.32. The molecule has 1 atom stereocenters. The molecule has 2 rings (SSSR count). The molecule has 0 bridgehead atoms. The van der Waals surface area contributed by atoms with Crippen LogP contribution in [0.2, 0.25) is 0 Å². The average molecular weight is 307 g/mol. The van der Waals surface area contributed by atoms with Gasteiger partial charge < -0.3 is 5.32 Å². The summed E-state index contributed by atoms with van der Waals surface area (Å²) in [5, 5.41) is 11.6. The molecule has 2 aromatic rings. The van der Waals surface area contributed by atoms with Crippen LogP contribution in [0.15, 0.2) is 28.6 Å². The highest BCUT2D eigenvalue weighted by Crippen LogP contribution is 2.26. The summed E-state index contributed by atoms with van der Waals surface area (Å²) in [4.78, 5) is 12.0. The Labute approximate surface area is 127 Å². The largest absolute Gasteiger partial charge is 0.351 e. The van der Waals surface area contributed by atoms with Gasteiger partial charge >= 0.3 is 0 Å². The fraction of sp³-hybridized carbons (Fsp3) is 0.357. The molecule has 1 unspecified atom stereocenters. The van der Waals surface area contributed by atoms with Gasteiger partial charge in [0, 0.05) is 6.54 Å². The fourth-order valence-electron chi connectivity index (χ4n) is 1.57. The minimum atomic E-state index is -0.173. The van der Waals surface area contributed by atoms with E-state index in [2.05, 4.69) is 15.5 Å². The molecular formula is C14H17N3OS2. The van der Waals surface area contributed by atoms with E-state index in [0.29, 0.717) is 6.54 Å². The van der Waals surface area contributed by atoms with Crippen LogP contribution in [0.25, 0.3) is 0 Å². The zero-order chi connectivity index (χ0) is 14.5. The third-order valence-electron chi connectivity index (χ3n) is 2.74. The van der Waals surface area contributed by atoms with Gasteiger partial charge in [-0.3, -0.25) is 4.79 Å². The lowest BCUT2D eigenvalue weighted by molar-refractivity contribution is -0.120. The second-order valence-corrected chi connectivity index (χ2v) is 7.32. The fourth-order valence-corrected chi connectivity index (χ4v) is 3.55.